The van der Waals surface area contributed by atoms with E-state index in [1.165, 1.54) is 11.1 Å². The Bertz CT molecular complexity index is 512. The van der Waals surface area contributed by atoms with Crippen LogP contribution in [0.5, 0.6) is 0 Å². The Kier molecular flexibility index (Phi) is 6.88. The minimum atomic E-state index is -0.453. The molecule has 0 saturated heterocycles. The summed E-state index contributed by atoms with van der Waals surface area (Å²) in [5.74, 6) is 0. The summed E-state index contributed by atoms with van der Waals surface area (Å²) in [4.78, 5) is 15.7. The standard InChI is InChI=1S/C17H27BrN2O2/c1-13-11-15(18)8-7-14(13)12-19(5)9-10-20(6)16(21)22-17(2,3)4/h7-8,11H,9-10,12H2,1-6H3. The summed E-state index contributed by atoms with van der Waals surface area (Å²) in [6.07, 6.45) is -0.277. The predicted octanol–water partition coefficient (Wildman–Crippen LogP) is 4.06. The lowest BCUT2D eigenvalue weighted by molar-refractivity contribution is 0.0286. The number of benzene rings is 1. The number of hydrogen-bond acceptors (Lipinski definition) is 3. The lowest BCUT2D eigenvalue weighted by Gasteiger charge is -2.26. The molecule has 0 aromatic heterocycles. The second-order valence-electron chi connectivity index (χ2n) is 6.71. The molecule has 0 aliphatic heterocycles. The molecule has 0 fully saturated rings. The van der Waals surface area contributed by atoms with Crippen LogP contribution in [-0.2, 0) is 11.3 Å². The summed E-state index contributed by atoms with van der Waals surface area (Å²) in [5.41, 5.74) is 2.11. The molecule has 0 unspecified atom stereocenters. The van der Waals surface area contributed by atoms with E-state index in [0.29, 0.717) is 6.54 Å². The van der Waals surface area contributed by atoms with Gasteiger partial charge in [-0.15, -0.1) is 0 Å². The second-order valence-corrected chi connectivity index (χ2v) is 7.63. The van der Waals surface area contributed by atoms with Gasteiger partial charge in [-0.05, 0) is 58.0 Å². The summed E-state index contributed by atoms with van der Waals surface area (Å²) >= 11 is 3.48. The molecule has 4 nitrogen and oxygen atoms in total. The van der Waals surface area contributed by atoms with Crippen LogP contribution in [0.1, 0.15) is 31.9 Å². The SMILES string of the molecule is Cc1cc(Br)ccc1CN(C)CCN(C)C(=O)OC(C)(C)C. The average Bonchev–Trinajstić information content (AvgIpc) is 2.37. The van der Waals surface area contributed by atoms with E-state index in [0.717, 1.165) is 17.6 Å². The van der Waals surface area contributed by atoms with E-state index >= 15 is 0 Å². The summed E-state index contributed by atoms with van der Waals surface area (Å²) in [5, 5.41) is 0. The smallest absolute Gasteiger partial charge is 0.410 e. The molecule has 124 valence electrons. The minimum Gasteiger partial charge on any atom is -0.444 e. The van der Waals surface area contributed by atoms with Crippen molar-refractivity contribution in [3.05, 3.63) is 33.8 Å². The van der Waals surface area contributed by atoms with Crippen molar-refractivity contribution in [1.82, 2.24) is 9.80 Å². The summed E-state index contributed by atoms with van der Waals surface area (Å²) in [6.45, 7) is 10.0. The number of nitrogens with zero attached hydrogens (tertiary/aromatic N) is 2. The zero-order valence-electron chi connectivity index (χ0n) is 14.4. The Morgan fingerprint density at radius 2 is 1.86 bits per heavy atom. The first-order valence-corrected chi connectivity index (χ1v) is 8.25. The van der Waals surface area contributed by atoms with Crippen molar-refractivity contribution in [2.75, 3.05) is 27.2 Å². The molecule has 0 N–H and O–H groups in total. The molecular formula is C17H27BrN2O2. The predicted molar refractivity (Wildman–Crippen MR) is 94.1 cm³/mol. The Balaban J connectivity index is 2.45. The Hall–Kier alpha value is -1.07. The van der Waals surface area contributed by atoms with Crippen molar-refractivity contribution in [3.63, 3.8) is 0 Å². The average molecular weight is 371 g/mol. The van der Waals surface area contributed by atoms with Gasteiger partial charge in [-0.2, -0.15) is 0 Å². The van der Waals surface area contributed by atoms with Gasteiger partial charge in [0.25, 0.3) is 0 Å². The van der Waals surface area contributed by atoms with E-state index < -0.39 is 5.60 Å². The van der Waals surface area contributed by atoms with Crippen molar-refractivity contribution >= 4 is 22.0 Å². The number of rotatable bonds is 5. The molecule has 0 aliphatic rings. The number of carbonyl (C=O) groups is 1. The van der Waals surface area contributed by atoms with Crippen LogP contribution >= 0.6 is 15.9 Å². The molecule has 1 aromatic carbocycles. The molecule has 0 atom stereocenters. The summed E-state index contributed by atoms with van der Waals surface area (Å²) in [6, 6.07) is 6.31. The first-order chi connectivity index (χ1) is 10.1. The highest BCUT2D eigenvalue weighted by molar-refractivity contribution is 9.10. The van der Waals surface area contributed by atoms with E-state index in [-0.39, 0.29) is 6.09 Å². The topological polar surface area (TPSA) is 32.8 Å². The van der Waals surface area contributed by atoms with E-state index in [9.17, 15) is 4.79 Å². The zero-order chi connectivity index (χ0) is 16.9. The highest BCUT2D eigenvalue weighted by Gasteiger charge is 2.19. The Morgan fingerprint density at radius 1 is 1.23 bits per heavy atom. The molecule has 0 bridgehead atoms. The molecule has 0 saturated carbocycles. The number of halogens is 1. The first kappa shape index (κ1) is 19.0. The monoisotopic (exact) mass is 370 g/mol. The number of aryl methyl sites for hydroxylation is 1. The van der Waals surface area contributed by atoms with Gasteiger partial charge in [-0.25, -0.2) is 4.79 Å². The molecule has 1 aromatic rings. The number of hydrogen-bond donors (Lipinski definition) is 0. The number of likely N-dealkylation sites (N-methyl/N-ethyl adjacent to an activating group) is 2. The van der Waals surface area contributed by atoms with Crippen molar-refractivity contribution < 1.29 is 9.53 Å². The van der Waals surface area contributed by atoms with Gasteiger partial charge in [0.15, 0.2) is 0 Å². The third-order valence-electron chi connectivity index (χ3n) is 3.27. The van der Waals surface area contributed by atoms with E-state index in [1.54, 1.807) is 11.9 Å². The number of ether oxygens (including phenoxy) is 1. The van der Waals surface area contributed by atoms with Crippen molar-refractivity contribution in [2.24, 2.45) is 0 Å². The molecule has 5 heteroatoms. The maximum Gasteiger partial charge on any atom is 0.410 e. The molecule has 0 spiro atoms. The van der Waals surface area contributed by atoms with Gasteiger partial charge in [0.2, 0.25) is 0 Å². The van der Waals surface area contributed by atoms with E-state index in [1.807, 2.05) is 20.8 Å². The van der Waals surface area contributed by atoms with Gasteiger partial charge in [-0.3, -0.25) is 0 Å². The molecule has 0 aliphatic carbocycles. The van der Waals surface area contributed by atoms with Crippen LogP contribution in [0.4, 0.5) is 4.79 Å². The second kappa shape index (κ2) is 7.97. The molecule has 0 radical (unpaired) electrons. The van der Waals surface area contributed by atoms with Gasteiger partial charge in [-0.1, -0.05) is 22.0 Å². The van der Waals surface area contributed by atoms with Gasteiger partial charge >= 0.3 is 6.09 Å². The van der Waals surface area contributed by atoms with Gasteiger partial charge in [0.1, 0.15) is 5.60 Å². The normalized spacial score (nSPS) is 11.6. The van der Waals surface area contributed by atoms with E-state index in [4.69, 9.17) is 4.74 Å². The fourth-order valence-corrected chi connectivity index (χ4v) is 2.43. The number of carbonyl (C=O) groups excluding carboxylic acids is 1. The van der Waals surface area contributed by atoms with Crippen LogP contribution in [0, 0.1) is 6.92 Å². The van der Waals surface area contributed by atoms with Crippen molar-refractivity contribution in [2.45, 2.75) is 39.8 Å². The third-order valence-corrected chi connectivity index (χ3v) is 3.76. The number of amides is 1. The summed E-state index contributed by atoms with van der Waals surface area (Å²) < 4.78 is 6.44. The summed E-state index contributed by atoms with van der Waals surface area (Å²) in [7, 11) is 3.83. The first-order valence-electron chi connectivity index (χ1n) is 7.46. The third kappa shape index (κ3) is 6.79. The lowest BCUT2D eigenvalue weighted by Crippen LogP contribution is -2.38. The molecule has 0 heterocycles. The fraction of sp³-hybridized carbons (Fsp3) is 0.588. The highest BCUT2D eigenvalue weighted by Crippen LogP contribution is 2.17. The fourth-order valence-electron chi connectivity index (χ4n) is 1.96. The van der Waals surface area contributed by atoms with Crippen LogP contribution in [0.15, 0.2) is 22.7 Å². The van der Waals surface area contributed by atoms with Crippen LogP contribution < -0.4 is 0 Å². The quantitative estimate of drug-likeness (QED) is 0.783. The Labute approximate surface area is 142 Å². The van der Waals surface area contributed by atoms with Crippen LogP contribution in [0.25, 0.3) is 0 Å². The van der Waals surface area contributed by atoms with Gasteiger partial charge in [0.05, 0.1) is 0 Å². The molecule has 1 rings (SSSR count). The molecular weight excluding hydrogens is 344 g/mol. The van der Waals surface area contributed by atoms with Crippen LogP contribution in [0.3, 0.4) is 0 Å². The minimum absolute atomic E-state index is 0.277. The van der Waals surface area contributed by atoms with Gasteiger partial charge < -0.3 is 14.5 Å². The van der Waals surface area contributed by atoms with Crippen LogP contribution in [0.2, 0.25) is 0 Å². The van der Waals surface area contributed by atoms with Gasteiger partial charge in [0, 0.05) is 31.2 Å². The van der Waals surface area contributed by atoms with Crippen molar-refractivity contribution in [1.29, 1.82) is 0 Å². The largest absolute Gasteiger partial charge is 0.444 e. The van der Waals surface area contributed by atoms with Crippen molar-refractivity contribution in [3.8, 4) is 0 Å². The van der Waals surface area contributed by atoms with E-state index in [2.05, 4.69) is 53.0 Å². The highest BCUT2D eigenvalue weighted by atomic mass is 79.9. The lowest BCUT2D eigenvalue weighted by atomic mass is 10.1. The maximum absolute atomic E-state index is 11.9. The Morgan fingerprint density at radius 3 is 2.41 bits per heavy atom. The zero-order valence-corrected chi connectivity index (χ0v) is 16.0. The molecule has 1 amide bonds. The maximum atomic E-state index is 11.9. The molecule has 22 heavy (non-hydrogen) atoms. The van der Waals surface area contributed by atoms with Crippen LogP contribution in [-0.4, -0.2) is 48.7 Å².